The lowest BCUT2D eigenvalue weighted by Gasteiger charge is -2.30. The number of benzene rings is 1. The molecule has 2 atom stereocenters. The van der Waals surface area contributed by atoms with Crippen LogP contribution >= 0.6 is 0 Å². The lowest BCUT2D eigenvalue weighted by atomic mass is 9.96. The lowest BCUT2D eigenvalue weighted by Crippen LogP contribution is -2.41. The summed E-state index contributed by atoms with van der Waals surface area (Å²) in [5.74, 6) is 0.487. The molecular formula is C19H28N2O4. The van der Waals surface area contributed by atoms with Gasteiger partial charge in [0.25, 0.3) is 0 Å². The molecule has 0 bridgehead atoms. The number of amides is 1. The minimum Gasteiger partial charge on any atom is -0.396 e. The summed E-state index contributed by atoms with van der Waals surface area (Å²) in [6.45, 7) is 6.32. The predicted molar refractivity (Wildman–Crippen MR) is 94.0 cm³/mol. The predicted octanol–water partition coefficient (Wildman–Crippen LogP) is 0.602. The first-order valence-electron chi connectivity index (χ1n) is 9.06. The summed E-state index contributed by atoms with van der Waals surface area (Å²) in [5, 5.41) is 9.68. The zero-order chi connectivity index (χ0) is 17.5. The Morgan fingerprint density at radius 2 is 1.88 bits per heavy atom. The molecule has 3 rings (SSSR count). The van der Waals surface area contributed by atoms with E-state index < -0.39 is 0 Å². The Morgan fingerprint density at radius 1 is 1.16 bits per heavy atom. The molecule has 0 unspecified atom stereocenters. The Hall–Kier alpha value is -1.47. The van der Waals surface area contributed by atoms with Gasteiger partial charge in [-0.3, -0.25) is 9.69 Å². The summed E-state index contributed by atoms with van der Waals surface area (Å²) >= 11 is 0. The van der Waals surface area contributed by atoms with E-state index in [4.69, 9.17) is 9.47 Å². The fourth-order valence-electron chi connectivity index (χ4n) is 3.59. The van der Waals surface area contributed by atoms with Crippen molar-refractivity contribution in [3.63, 3.8) is 0 Å². The van der Waals surface area contributed by atoms with Crippen LogP contribution < -0.4 is 0 Å². The molecule has 1 N–H and O–H groups in total. The minimum atomic E-state index is 0.0128. The number of morpholine rings is 1. The van der Waals surface area contributed by atoms with Crippen LogP contribution in [0.1, 0.15) is 5.56 Å². The number of rotatable bonds is 7. The highest BCUT2D eigenvalue weighted by atomic mass is 16.5. The SMILES string of the molecule is O=C(COCc1ccccc1)N1C[C@@H](CO)[C@@H](CN2CCOCC2)C1. The molecule has 0 spiro atoms. The Morgan fingerprint density at radius 3 is 2.60 bits per heavy atom. The molecule has 138 valence electrons. The molecule has 1 aromatic carbocycles. The standard InChI is InChI=1S/C19H28N2O4/c22-13-18-12-21(11-17(18)10-20-6-8-24-9-7-20)19(23)15-25-14-16-4-2-1-3-5-16/h1-5,17-18,22H,6-15H2/t17-,18-/m0/s1. The number of aliphatic hydroxyl groups excluding tert-OH is 1. The monoisotopic (exact) mass is 348 g/mol. The average Bonchev–Trinajstić information content (AvgIpc) is 3.06. The van der Waals surface area contributed by atoms with Crippen LogP contribution in [0.5, 0.6) is 0 Å². The fourth-order valence-corrected chi connectivity index (χ4v) is 3.59. The summed E-state index contributed by atoms with van der Waals surface area (Å²) < 4.78 is 11.0. The van der Waals surface area contributed by atoms with E-state index in [1.165, 1.54) is 0 Å². The number of likely N-dealkylation sites (tertiary alicyclic amines) is 1. The van der Waals surface area contributed by atoms with Gasteiger partial charge in [0.15, 0.2) is 0 Å². The van der Waals surface area contributed by atoms with Crippen molar-refractivity contribution >= 4 is 5.91 Å². The van der Waals surface area contributed by atoms with Gasteiger partial charge in [0, 0.05) is 45.2 Å². The zero-order valence-electron chi connectivity index (χ0n) is 14.7. The summed E-state index contributed by atoms with van der Waals surface area (Å²) in [4.78, 5) is 16.6. The Balaban J connectivity index is 1.44. The molecule has 0 saturated carbocycles. The molecule has 0 aromatic heterocycles. The largest absolute Gasteiger partial charge is 0.396 e. The maximum absolute atomic E-state index is 12.4. The number of carbonyl (C=O) groups excluding carboxylic acids is 1. The van der Waals surface area contributed by atoms with Gasteiger partial charge in [-0.25, -0.2) is 0 Å². The van der Waals surface area contributed by atoms with Gasteiger partial charge in [-0.2, -0.15) is 0 Å². The second-order valence-electron chi connectivity index (χ2n) is 6.89. The highest BCUT2D eigenvalue weighted by molar-refractivity contribution is 5.77. The van der Waals surface area contributed by atoms with Crippen LogP contribution in [0.2, 0.25) is 0 Å². The molecular weight excluding hydrogens is 320 g/mol. The number of hydrogen-bond acceptors (Lipinski definition) is 5. The van der Waals surface area contributed by atoms with E-state index in [1.54, 1.807) is 0 Å². The summed E-state index contributed by atoms with van der Waals surface area (Å²) in [7, 11) is 0. The lowest BCUT2D eigenvalue weighted by molar-refractivity contribution is -0.135. The fraction of sp³-hybridized carbons (Fsp3) is 0.632. The van der Waals surface area contributed by atoms with Crippen LogP contribution in [-0.2, 0) is 20.9 Å². The number of hydrogen-bond donors (Lipinski definition) is 1. The number of ether oxygens (including phenoxy) is 2. The summed E-state index contributed by atoms with van der Waals surface area (Å²) in [6.07, 6.45) is 0. The van der Waals surface area contributed by atoms with Crippen LogP contribution in [-0.4, -0.2) is 80.0 Å². The zero-order valence-corrected chi connectivity index (χ0v) is 14.7. The highest BCUT2D eigenvalue weighted by Crippen LogP contribution is 2.24. The number of aliphatic hydroxyl groups is 1. The molecule has 2 aliphatic rings. The number of nitrogens with zero attached hydrogens (tertiary/aromatic N) is 2. The summed E-state index contributed by atoms with van der Waals surface area (Å²) in [6, 6.07) is 9.86. The van der Waals surface area contributed by atoms with Gasteiger partial charge in [0.1, 0.15) is 6.61 Å². The second kappa shape index (κ2) is 9.29. The van der Waals surface area contributed by atoms with Crippen molar-refractivity contribution < 1.29 is 19.4 Å². The maximum Gasteiger partial charge on any atom is 0.248 e. The minimum absolute atomic E-state index is 0.0128. The molecule has 0 aliphatic carbocycles. The molecule has 2 fully saturated rings. The maximum atomic E-state index is 12.4. The highest BCUT2D eigenvalue weighted by Gasteiger charge is 2.35. The first-order chi connectivity index (χ1) is 12.3. The van der Waals surface area contributed by atoms with E-state index in [0.29, 0.717) is 25.6 Å². The van der Waals surface area contributed by atoms with E-state index in [1.807, 2.05) is 35.2 Å². The number of carbonyl (C=O) groups is 1. The topological polar surface area (TPSA) is 62.2 Å². The third kappa shape index (κ3) is 5.25. The van der Waals surface area contributed by atoms with Crippen molar-refractivity contribution in [2.24, 2.45) is 11.8 Å². The molecule has 25 heavy (non-hydrogen) atoms. The third-order valence-electron chi connectivity index (χ3n) is 5.10. The van der Waals surface area contributed by atoms with Gasteiger partial charge in [-0.1, -0.05) is 30.3 Å². The smallest absolute Gasteiger partial charge is 0.248 e. The van der Waals surface area contributed by atoms with Crippen molar-refractivity contribution in [3.8, 4) is 0 Å². The van der Waals surface area contributed by atoms with Crippen LogP contribution in [0, 0.1) is 11.8 Å². The molecule has 6 nitrogen and oxygen atoms in total. The first-order valence-corrected chi connectivity index (χ1v) is 9.06. The van der Waals surface area contributed by atoms with Crippen molar-refractivity contribution in [3.05, 3.63) is 35.9 Å². The van der Waals surface area contributed by atoms with Crippen molar-refractivity contribution in [1.82, 2.24) is 9.80 Å². The molecule has 6 heteroatoms. The van der Waals surface area contributed by atoms with E-state index in [9.17, 15) is 9.90 Å². The van der Waals surface area contributed by atoms with Crippen molar-refractivity contribution in [2.75, 3.05) is 59.2 Å². The van der Waals surface area contributed by atoms with Gasteiger partial charge < -0.3 is 19.5 Å². The van der Waals surface area contributed by atoms with E-state index in [0.717, 1.165) is 38.4 Å². The normalized spacial score (nSPS) is 24.6. The molecule has 2 aliphatic heterocycles. The third-order valence-corrected chi connectivity index (χ3v) is 5.10. The Bertz CT molecular complexity index is 533. The molecule has 2 saturated heterocycles. The van der Waals surface area contributed by atoms with Crippen molar-refractivity contribution in [1.29, 1.82) is 0 Å². The first kappa shape index (κ1) is 18.3. The average molecular weight is 348 g/mol. The molecule has 1 aromatic rings. The van der Waals surface area contributed by atoms with Gasteiger partial charge in [0.2, 0.25) is 5.91 Å². The molecule has 0 radical (unpaired) electrons. The molecule has 1 amide bonds. The second-order valence-corrected chi connectivity index (χ2v) is 6.89. The van der Waals surface area contributed by atoms with Crippen LogP contribution in [0.3, 0.4) is 0 Å². The molecule has 2 heterocycles. The Labute approximate surface area is 149 Å². The van der Waals surface area contributed by atoms with Gasteiger partial charge in [0.05, 0.1) is 19.8 Å². The van der Waals surface area contributed by atoms with Gasteiger partial charge >= 0.3 is 0 Å². The Kier molecular flexibility index (Phi) is 6.81. The van der Waals surface area contributed by atoms with Crippen LogP contribution in [0.4, 0.5) is 0 Å². The van der Waals surface area contributed by atoms with Gasteiger partial charge in [-0.15, -0.1) is 0 Å². The quantitative estimate of drug-likeness (QED) is 0.782. The van der Waals surface area contributed by atoms with Gasteiger partial charge in [-0.05, 0) is 11.5 Å². The van der Waals surface area contributed by atoms with E-state index >= 15 is 0 Å². The van der Waals surface area contributed by atoms with Crippen LogP contribution in [0.15, 0.2) is 30.3 Å². The van der Waals surface area contributed by atoms with Crippen LogP contribution in [0.25, 0.3) is 0 Å². The summed E-state index contributed by atoms with van der Waals surface area (Å²) in [5.41, 5.74) is 1.06. The van der Waals surface area contributed by atoms with Crippen molar-refractivity contribution in [2.45, 2.75) is 6.61 Å². The van der Waals surface area contributed by atoms with E-state index in [-0.39, 0.29) is 25.0 Å². The van der Waals surface area contributed by atoms with E-state index in [2.05, 4.69) is 4.90 Å².